The number of nitrogens with zero attached hydrogens (tertiary/aromatic N) is 1. The molecule has 6 nitrogen and oxygen atoms in total. The monoisotopic (exact) mass is 375 g/mol. The Bertz CT molecular complexity index is 649. The molecule has 24 heavy (non-hydrogen) atoms. The minimum absolute atomic E-state index is 0. The maximum Gasteiger partial charge on any atom is 0.254 e. The van der Waals surface area contributed by atoms with Crippen molar-refractivity contribution in [2.75, 3.05) is 19.6 Å². The first-order valence-electron chi connectivity index (χ1n) is 7.99. The summed E-state index contributed by atoms with van der Waals surface area (Å²) < 4.78 is 27.1. The van der Waals surface area contributed by atoms with E-state index in [-0.39, 0.29) is 35.3 Å². The Kier molecular flexibility index (Phi) is 7.66. The zero-order valence-corrected chi connectivity index (χ0v) is 15.9. The van der Waals surface area contributed by atoms with Crippen LogP contribution in [0.25, 0.3) is 0 Å². The Morgan fingerprint density at radius 1 is 1.38 bits per heavy atom. The van der Waals surface area contributed by atoms with Gasteiger partial charge in [-0.1, -0.05) is 6.92 Å². The fourth-order valence-corrected chi connectivity index (χ4v) is 3.83. The first kappa shape index (κ1) is 20.9. The number of hydrogen-bond donors (Lipinski definition) is 2. The summed E-state index contributed by atoms with van der Waals surface area (Å²) in [4.78, 5) is 14.5. The summed E-state index contributed by atoms with van der Waals surface area (Å²) in [6.07, 6.45) is 0.719. The van der Waals surface area contributed by atoms with Gasteiger partial charge in [0.25, 0.3) is 5.91 Å². The molecule has 0 radical (unpaired) electrons. The second-order valence-electron chi connectivity index (χ2n) is 6.01. The summed E-state index contributed by atoms with van der Waals surface area (Å²) in [5, 5.41) is 3.24. The molecule has 1 saturated heterocycles. The number of rotatable bonds is 5. The van der Waals surface area contributed by atoms with Gasteiger partial charge in [-0.05, 0) is 44.5 Å². The largest absolute Gasteiger partial charge is 0.333 e. The number of carbonyl (C=O) groups is 1. The van der Waals surface area contributed by atoms with Crippen LogP contribution >= 0.6 is 12.4 Å². The zero-order chi connectivity index (χ0) is 17.0. The summed E-state index contributed by atoms with van der Waals surface area (Å²) in [6, 6.07) is 6.16. The van der Waals surface area contributed by atoms with Gasteiger partial charge in [-0.2, -0.15) is 0 Å². The number of piperazine rings is 1. The molecule has 8 heteroatoms. The normalized spacial score (nSPS) is 19.5. The zero-order valence-electron chi connectivity index (χ0n) is 14.3. The van der Waals surface area contributed by atoms with Crippen molar-refractivity contribution >= 4 is 28.3 Å². The van der Waals surface area contributed by atoms with E-state index < -0.39 is 10.0 Å². The van der Waals surface area contributed by atoms with Gasteiger partial charge in [0, 0.05) is 37.3 Å². The predicted octanol–water partition coefficient (Wildman–Crippen LogP) is 1.62. The third-order valence-electron chi connectivity index (χ3n) is 4.14. The number of benzene rings is 1. The topological polar surface area (TPSA) is 78.5 Å². The lowest BCUT2D eigenvalue weighted by molar-refractivity contribution is 0.0655. The highest BCUT2D eigenvalue weighted by Crippen LogP contribution is 2.15. The molecular weight excluding hydrogens is 350 g/mol. The number of hydrogen-bond acceptors (Lipinski definition) is 4. The number of carbonyl (C=O) groups excluding carboxylic acids is 1. The molecule has 0 saturated carbocycles. The van der Waals surface area contributed by atoms with Crippen LogP contribution in [-0.2, 0) is 10.0 Å². The molecule has 1 aromatic rings. The number of halogens is 1. The van der Waals surface area contributed by atoms with Gasteiger partial charge in [-0.3, -0.25) is 4.79 Å². The van der Waals surface area contributed by atoms with E-state index in [2.05, 4.69) is 10.0 Å². The SMILES string of the molecule is CCC(C)NS(=O)(=O)c1ccc(C(=O)N2CCNCC2C)cc1.Cl. The van der Waals surface area contributed by atoms with E-state index in [0.717, 1.165) is 19.5 Å². The van der Waals surface area contributed by atoms with Crippen LogP contribution in [-0.4, -0.2) is 50.9 Å². The van der Waals surface area contributed by atoms with Gasteiger partial charge in [-0.15, -0.1) is 12.4 Å². The Hall–Kier alpha value is -1.15. The van der Waals surface area contributed by atoms with Gasteiger partial charge >= 0.3 is 0 Å². The maximum atomic E-state index is 12.5. The van der Waals surface area contributed by atoms with E-state index in [1.54, 1.807) is 12.1 Å². The number of nitrogens with one attached hydrogen (secondary N) is 2. The van der Waals surface area contributed by atoms with Crippen molar-refractivity contribution in [3.05, 3.63) is 29.8 Å². The summed E-state index contributed by atoms with van der Waals surface area (Å²) in [7, 11) is -3.53. The second kappa shape index (κ2) is 8.80. The smallest absolute Gasteiger partial charge is 0.254 e. The molecule has 2 unspecified atom stereocenters. The van der Waals surface area contributed by atoms with Crippen LogP contribution in [0.1, 0.15) is 37.6 Å². The van der Waals surface area contributed by atoms with Gasteiger partial charge in [-0.25, -0.2) is 13.1 Å². The molecule has 1 fully saturated rings. The molecule has 1 heterocycles. The van der Waals surface area contributed by atoms with Crippen molar-refractivity contribution < 1.29 is 13.2 Å². The average molecular weight is 376 g/mol. The fourth-order valence-electron chi connectivity index (χ4n) is 2.50. The van der Waals surface area contributed by atoms with Gasteiger partial charge in [0.15, 0.2) is 0 Å². The molecular formula is C16H26ClN3O3S. The van der Waals surface area contributed by atoms with Crippen LogP contribution in [0.4, 0.5) is 0 Å². The molecule has 1 aliphatic rings. The fraction of sp³-hybridized carbons (Fsp3) is 0.562. The first-order valence-corrected chi connectivity index (χ1v) is 9.47. The average Bonchev–Trinajstić information content (AvgIpc) is 2.54. The lowest BCUT2D eigenvalue weighted by atomic mass is 10.1. The van der Waals surface area contributed by atoms with Crippen LogP contribution in [0.3, 0.4) is 0 Å². The summed E-state index contributed by atoms with van der Waals surface area (Å²) in [6.45, 7) is 7.96. The van der Waals surface area contributed by atoms with E-state index in [4.69, 9.17) is 0 Å². The summed E-state index contributed by atoms with van der Waals surface area (Å²) in [5.74, 6) is -0.0576. The van der Waals surface area contributed by atoms with E-state index in [9.17, 15) is 13.2 Å². The molecule has 0 bridgehead atoms. The van der Waals surface area contributed by atoms with Crippen LogP contribution in [0.15, 0.2) is 29.2 Å². The number of amides is 1. The van der Waals surface area contributed by atoms with Gasteiger partial charge < -0.3 is 10.2 Å². The Morgan fingerprint density at radius 2 is 2.00 bits per heavy atom. The van der Waals surface area contributed by atoms with Crippen LogP contribution in [0, 0.1) is 0 Å². The third-order valence-corrected chi connectivity index (χ3v) is 5.75. The summed E-state index contributed by atoms with van der Waals surface area (Å²) >= 11 is 0. The quantitative estimate of drug-likeness (QED) is 0.819. The lowest BCUT2D eigenvalue weighted by Gasteiger charge is -2.34. The van der Waals surface area contributed by atoms with Crippen LogP contribution in [0.2, 0.25) is 0 Å². The van der Waals surface area contributed by atoms with E-state index in [1.807, 2.05) is 25.7 Å². The molecule has 0 aliphatic carbocycles. The van der Waals surface area contributed by atoms with Crippen molar-refractivity contribution in [1.29, 1.82) is 0 Å². The molecule has 1 aromatic carbocycles. The highest BCUT2D eigenvalue weighted by molar-refractivity contribution is 7.89. The van der Waals surface area contributed by atoms with Crippen molar-refractivity contribution in [2.45, 2.75) is 44.2 Å². The first-order chi connectivity index (χ1) is 10.8. The molecule has 2 atom stereocenters. The van der Waals surface area contributed by atoms with Gasteiger partial charge in [0.1, 0.15) is 0 Å². The van der Waals surface area contributed by atoms with Crippen LogP contribution < -0.4 is 10.0 Å². The van der Waals surface area contributed by atoms with E-state index in [0.29, 0.717) is 12.1 Å². The molecule has 0 spiro atoms. The summed E-state index contributed by atoms with van der Waals surface area (Å²) in [5.41, 5.74) is 0.515. The van der Waals surface area contributed by atoms with E-state index in [1.165, 1.54) is 12.1 Å². The molecule has 1 aliphatic heterocycles. The molecule has 0 aromatic heterocycles. The Labute approximate surface area is 150 Å². The standard InChI is InChI=1S/C16H25N3O3S.ClH/c1-4-12(2)18-23(21,22)15-7-5-14(6-8-15)16(20)19-10-9-17-11-13(19)3;/h5-8,12-13,17-18H,4,9-11H2,1-3H3;1H. The van der Waals surface area contributed by atoms with E-state index >= 15 is 0 Å². The molecule has 136 valence electrons. The molecule has 1 amide bonds. The van der Waals surface area contributed by atoms with Crippen molar-refractivity contribution in [2.24, 2.45) is 0 Å². The Morgan fingerprint density at radius 3 is 2.54 bits per heavy atom. The van der Waals surface area contributed by atoms with Crippen molar-refractivity contribution in [3.8, 4) is 0 Å². The molecule has 2 rings (SSSR count). The minimum atomic E-state index is -3.53. The predicted molar refractivity (Wildman–Crippen MR) is 97.1 cm³/mol. The second-order valence-corrected chi connectivity index (χ2v) is 7.72. The third kappa shape index (κ3) is 4.92. The maximum absolute atomic E-state index is 12.5. The lowest BCUT2D eigenvalue weighted by Crippen LogP contribution is -2.52. The molecule has 2 N–H and O–H groups in total. The Balaban J connectivity index is 0.00000288. The highest BCUT2D eigenvalue weighted by Gasteiger charge is 2.24. The van der Waals surface area contributed by atoms with Gasteiger partial charge in [0.2, 0.25) is 10.0 Å². The van der Waals surface area contributed by atoms with Crippen LogP contribution in [0.5, 0.6) is 0 Å². The van der Waals surface area contributed by atoms with Gasteiger partial charge in [0.05, 0.1) is 4.90 Å². The minimum Gasteiger partial charge on any atom is -0.333 e. The van der Waals surface area contributed by atoms with Crippen molar-refractivity contribution in [1.82, 2.24) is 14.9 Å². The highest BCUT2D eigenvalue weighted by atomic mass is 35.5. The number of sulfonamides is 1. The van der Waals surface area contributed by atoms with Crippen molar-refractivity contribution in [3.63, 3.8) is 0 Å².